The number of carbonyl (C=O) groups is 1. The fourth-order valence-corrected chi connectivity index (χ4v) is 3.32. The molecular formula is C23H26N4O3. The molecule has 2 aromatic carbocycles. The second-order valence-electron chi connectivity index (χ2n) is 7.46. The summed E-state index contributed by atoms with van der Waals surface area (Å²) < 4.78 is 2.22. The zero-order valence-electron chi connectivity index (χ0n) is 17.7. The molecule has 156 valence electrons. The van der Waals surface area contributed by atoms with E-state index in [2.05, 4.69) is 10.4 Å². The quantitative estimate of drug-likeness (QED) is 0.682. The lowest BCUT2D eigenvalue weighted by molar-refractivity contribution is 0.0944. The molecule has 0 aliphatic carbocycles. The molecule has 0 atom stereocenters. The molecule has 7 heteroatoms. The summed E-state index contributed by atoms with van der Waals surface area (Å²) in [6.45, 7) is 8.14. The van der Waals surface area contributed by atoms with Crippen molar-refractivity contribution in [3.05, 3.63) is 91.3 Å². The Balaban J connectivity index is 2.24. The number of hydrogen-bond donors (Lipinski definition) is 1. The topological polar surface area (TPSA) is 86.0 Å². The van der Waals surface area contributed by atoms with Crippen LogP contribution in [-0.2, 0) is 6.54 Å². The van der Waals surface area contributed by atoms with E-state index in [9.17, 15) is 14.4 Å². The third-order valence-electron chi connectivity index (χ3n) is 4.85. The van der Waals surface area contributed by atoms with Gasteiger partial charge in [0.2, 0.25) is 5.69 Å². The molecule has 0 saturated heterocycles. The summed E-state index contributed by atoms with van der Waals surface area (Å²) in [4.78, 5) is 38.9. The van der Waals surface area contributed by atoms with E-state index in [1.54, 1.807) is 12.1 Å². The highest BCUT2D eigenvalue weighted by Crippen LogP contribution is 2.12. The number of rotatable bonds is 6. The van der Waals surface area contributed by atoms with Gasteiger partial charge in [-0.2, -0.15) is 9.78 Å². The standard InChI is InChI=1S/C23H26N4O3/c1-5-10-24-21(28)20-22(29)26(14-18-9-7-6-8-17(18)4)23(30)27(25-20)19-12-15(2)11-16(3)13-19/h6-9,11-13H,5,10,14H2,1-4H3,(H,24,28). The van der Waals surface area contributed by atoms with Crippen LogP contribution >= 0.6 is 0 Å². The van der Waals surface area contributed by atoms with Crippen molar-refractivity contribution in [1.29, 1.82) is 0 Å². The Hall–Kier alpha value is -3.48. The number of nitrogens with one attached hydrogen (secondary N) is 1. The van der Waals surface area contributed by atoms with Crippen LogP contribution in [0, 0.1) is 20.8 Å². The molecule has 1 amide bonds. The van der Waals surface area contributed by atoms with Crippen molar-refractivity contribution < 1.29 is 4.79 Å². The number of amides is 1. The first-order valence-electron chi connectivity index (χ1n) is 9.97. The molecule has 1 heterocycles. The highest BCUT2D eigenvalue weighted by Gasteiger charge is 2.20. The monoisotopic (exact) mass is 406 g/mol. The van der Waals surface area contributed by atoms with Gasteiger partial charge in [0.25, 0.3) is 11.5 Å². The molecule has 7 nitrogen and oxygen atoms in total. The third-order valence-corrected chi connectivity index (χ3v) is 4.85. The normalized spacial score (nSPS) is 10.8. The van der Waals surface area contributed by atoms with Gasteiger partial charge in [-0.05, 0) is 61.6 Å². The van der Waals surface area contributed by atoms with E-state index in [4.69, 9.17) is 0 Å². The van der Waals surface area contributed by atoms with E-state index in [1.165, 1.54) is 0 Å². The summed E-state index contributed by atoms with van der Waals surface area (Å²) >= 11 is 0. The Morgan fingerprint density at radius 3 is 2.33 bits per heavy atom. The Bertz CT molecular complexity index is 1190. The molecule has 0 bridgehead atoms. The van der Waals surface area contributed by atoms with E-state index >= 15 is 0 Å². The minimum atomic E-state index is -0.697. The van der Waals surface area contributed by atoms with E-state index < -0.39 is 17.2 Å². The van der Waals surface area contributed by atoms with E-state index in [1.807, 2.05) is 58.0 Å². The molecule has 3 rings (SSSR count). The maximum atomic E-state index is 13.2. The van der Waals surface area contributed by atoms with Crippen LogP contribution in [0.25, 0.3) is 5.69 Å². The predicted octanol–water partition coefficient (Wildman–Crippen LogP) is 2.51. The van der Waals surface area contributed by atoms with Crippen LogP contribution in [0.4, 0.5) is 0 Å². The number of benzene rings is 2. The summed E-state index contributed by atoms with van der Waals surface area (Å²) in [6.07, 6.45) is 0.722. The van der Waals surface area contributed by atoms with E-state index in [0.717, 1.165) is 37.9 Å². The molecule has 1 N–H and O–H groups in total. The fourth-order valence-electron chi connectivity index (χ4n) is 3.32. The Morgan fingerprint density at radius 2 is 1.70 bits per heavy atom. The lowest BCUT2D eigenvalue weighted by Crippen LogP contribution is -2.46. The minimum absolute atomic E-state index is 0.0612. The van der Waals surface area contributed by atoms with Crippen molar-refractivity contribution in [3.63, 3.8) is 0 Å². The van der Waals surface area contributed by atoms with Crippen molar-refractivity contribution in [2.24, 2.45) is 0 Å². The van der Waals surface area contributed by atoms with Crippen molar-refractivity contribution >= 4 is 5.91 Å². The molecule has 30 heavy (non-hydrogen) atoms. The molecule has 1 aromatic heterocycles. The van der Waals surface area contributed by atoms with Gasteiger partial charge in [-0.3, -0.25) is 14.2 Å². The summed E-state index contributed by atoms with van der Waals surface area (Å²) in [6, 6.07) is 13.1. The second-order valence-corrected chi connectivity index (χ2v) is 7.46. The van der Waals surface area contributed by atoms with Crippen LogP contribution in [0.5, 0.6) is 0 Å². The summed E-state index contributed by atoms with van der Waals surface area (Å²) in [5.74, 6) is -0.585. The molecular weight excluding hydrogens is 380 g/mol. The SMILES string of the molecule is CCCNC(=O)c1nn(-c2cc(C)cc(C)c2)c(=O)n(Cc2ccccc2C)c1=O. The maximum absolute atomic E-state index is 13.2. The lowest BCUT2D eigenvalue weighted by Gasteiger charge is -2.14. The van der Waals surface area contributed by atoms with Crippen molar-refractivity contribution in [3.8, 4) is 5.69 Å². The van der Waals surface area contributed by atoms with Crippen LogP contribution in [0.3, 0.4) is 0 Å². The Kier molecular flexibility index (Phi) is 6.30. The molecule has 0 aliphatic rings. The maximum Gasteiger partial charge on any atom is 0.352 e. The van der Waals surface area contributed by atoms with Gasteiger partial charge >= 0.3 is 5.69 Å². The molecule has 3 aromatic rings. The fraction of sp³-hybridized carbons (Fsp3) is 0.304. The number of hydrogen-bond acceptors (Lipinski definition) is 4. The van der Waals surface area contributed by atoms with Crippen LogP contribution < -0.4 is 16.6 Å². The van der Waals surface area contributed by atoms with Gasteiger partial charge in [-0.1, -0.05) is 37.3 Å². The van der Waals surface area contributed by atoms with Gasteiger partial charge in [0.15, 0.2) is 0 Å². The Morgan fingerprint density at radius 1 is 1.03 bits per heavy atom. The summed E-state index contributed by atoms with van der Waals surface area (Å²) in [7, 11) is 0. The molecule has 0 radical (unpaired) electrons. The minimum Gasteiger partial charge on any atom is -0.350 e. The molecule has 0 fully saturated rings. The number of carbonyl (C=O) groups excluding carboxylic acids is 1. The predicted molar refractivity (Wildman–Crippen MR) is 116 cm³/mol. The highest BCUT2D eigenvalue weighted by atomic mass is 16.2. The smallest absolute Gasteiger partial charge is 0.350 e. The number of aromatic nitrogens is 3. The number of nitrogens with zero attached hydrogens (tertiary/aromatic N) is 3. The largest absolute Gasteiger partial charge is 0.352 e. The van der Waals surface area contributed by atoms with E-state index in [-0.39, 0.29) is 12.2 Å². The summed E-state index contributed by atoms with van der Waals surface area (Å²) in [5.41, 5.74) is 2.62. The van der Waals surface area contributed by atoms with E-state index in [0.29, 0.717) is 12.2 Å². The van der Waals surface area contributed by atoms with Crippen molar-refractivity contribution in [2.75, 3.05) is 6.54 Å². The summed E-state index contributed by atoms with van der Waals surface area (Å²) in [5, 5.41) is 6.84. The molecule has 0 aliphatic heterocycles. The van der Waals surface area contributed by atoms with Gasteiger partial charge < -0.3 is 5.32 Å². The molecule has 0 unspecified atom stereocenters. The van der Waals surface area contributed by atoms with Crippen LogP contribution in [0.15, 0.2) is 52.1 Å². The van der Waals surface area contributed by atoms with Gasteiger partial charge in [-0.25, -0.2) is 4.79 Å². The van der Waals surface area contributed by atoms with Gasteiger partial charge in [0.1, 0.15) is 0 Å². The third kappa shape index (κ3) is 4.40. The average molecular weight is 406 g/mol. The highest BCUT2D eigenvalue weighted by molar-refractivity contribution is 5.91. The first-order chi connectivity index (χ1) is 14.3. The molecule has 0 spiro atoms. The van der Waals surface area contributed by atoms with Crippen LogP contribution in [0.1, 0.15) is 46.1 Å². The van der Waals surface area contributed by atoms with Gasteiger partial charge in [0, 0.05) is 6.54 Å². The second kappa shape index (κ2) is 8.90. The first-order valence-corrected chi connectivity index (χ1v) is 9.97. The van der Waals surface area contributed by atoms with Crippen LogP contribution in [-0.4, -0.2) is 26.8 Å². The van der Waals surface area contributed by atoms with Gasteiger partial charge in [0.05, 0.1) is 12.2 Å². The molecule has 0 saturated carbocycles. The average Bonchev–Trinajstić information content (AvgIpc) is 2.70. The van der Waals surface area contributed by atoms with Crippen LogP contribution in [0.2, 0.25) is 0 Å². The Labute approximate surface area is 175 Å². The zero-order valence-corrected chi connectivity index (χ0v) is 17.7. The lowest BCUT2D eigenvalue weighted by atomic mass is 10.1. The number of aryl methyl sites for hydroxylation is 3. The zero-order chi connectivity index (χ0) is 21.8. The van der Waals surface area contributed by atoms with Crippen molar-refractivity contribution in [2.45, 2.75) is 40.7 Å². The first kappa shape index (κ1) is 21.2. The van der Waals surface area contributed by atoms with Gasteiger partial charge in [-0.15, -0.1) is 0 Å². The van der Waals surface area contributed by atoms with Crippen molar-refractivity contribution in [1.82, 2.24) is 19.7 Å².